The van der Waals surface area contributed by atoms with E-state index in [4.69, 9.17) is 10.5 Å². The topological polar surface area (TPSA) is 35.2 Å². The molecule has 1 aliphatic carbocycles. The molecule has 1 saturated carbocycles. The Labute approximate surface area is 105 Å². The summed E-state index contributed by atoms with van der Waals surface area (Å²) in [7, 11) is 1.69. The number of methoxy groups -OCH3 is 1. The van der Waals surface area contributed by atoms with Gasteiger partial charge in [-0.1, -0.05) is 12.5 Å². The molecule has 0 aromatic heterocycles. The molecule has 0 saturated heterocycles. The zero-order chi connectivity index (χ0) is 11.6. The van der Waals surface area contributed by atoms with Gasteiger partial charge in [-0.05, 0) is 64.8 Å². The van der Waals surface area contributed by atoms with Crippen molar-refractivity contribution in [1.82, 2.24) is 0 Å². The fourth-order valence-corrected chi connectivity index (χ4v) is 2.97. The molecule has 2 nitrogen and oxygen atoms in total. The molecule has 3 heteroatoms. The van der Waals surface area contributed by atoms with E-state index < -0.39 is 0 Å². The number of halogens is 1. The van der Waals surface area contributed by atoms with Crippen LogP contribution in [0.15, 0.2) is 22.7 Å². The Morgan fingerprint density at radius 3 is 2.62 bits per heavy atom. The molecule has 1 aromatic carbocycles. The minimum atomic E-state index is 0.369. The van der Waals surface area contributed by atoms with Crippen LogP contribution in [-0.2, 0) is 6.42 Å². The van der Waals surface area contributed by atoms with Crippen molar-refractivity contribution in [1.29, 1.82) is 0 Å². The first-order valence-corrected chi connectivity index (χ1v) is 6.51. The maximum absolute atomic E-state index is 5.87. The monoisotopic (exact) mass is 283 g/mol. The number of benzene rings is 1. The molecular formula is C13H18BrNO. The highest BCUT2D eigenvalue weighted by molar-refractivity contribution is 9.10. The third-order valence-corrected chi connectivity index (χ3v) is 4.26. The Kier molecular flexibility index (Phi) is 3.55. The van der Waals surface area contributed by atoms with Gasteiger partial charge in [0.15, 0.2) is 0 Å². The molecule has 88 valence electrons. The van der Waals surface area contributed by atoms with Crippen molar-refractivity contribution < 1.29 is 4.74 Å². The molecule has 2 rings (SSSR count). The minimum absolute atomic E-state index is 0.369. The molecule has 0 spiro atoms. The molecule has 0 atom stereocenters. The number of rotatable bonds is 4. The quantitative estimate of drug-likeness (QED) is 0.922. The predicted molar refractivity (Wildman–Crippen MR) is 69.7 cm³/mol. The lowest BCUT2D eigenvalue weighted by Crippen LogP contribution is -2.39. The predicted octanol–water partition coefficient (Wildman–Crippen LogP) is 3.13. The maximum atomic E-state index is 5.87. The molecule has 1 aliphatic rings. The first kappa shape index (κ1) is 11.9. The average molecular weight is 284 g/mol. The van der Waals surface area contributed by atoms with E-state index in [0.29, 0.717) is 5.41 Å². The summed E-state index contributed by atoms with van der Waals surface area (Å²) in [4.78, 5) is 0. The maximum Gasteiger partial charge on any atom is 0.133 e. The fourth-order valence-electron chi connectivity index (χ4n) is 2.38. The number of ether oxygens (including phenoxy) is 1. The highest BCUT2D eigenvalue weighted by atomic mass is 79.9. The number of nitrogens with two attached hydrogens (primary N) is 1. The summed E-state index contributed by atoms with van der Waals surface area (Å²) < 4.78 is 6.25. The second kappa shape index (κ2) is 4.76. The van der Waals surface area contributed by atoms with Gasteiger partial charge >= 0.3 is 0 Å². The van der Waals surface area contributed by atoms with Gasteiger partial charge in [-0.3, -0.25) is 0 Å². The third-order valence-electron chi connectivity index (χ3n) is 3.64. The second-order valence-electron chi connectivity index (χ2n) is 4.70. The first-order valence-electron chi connectivity index (χ1n) is 5.72. The molecule has 1 aromatic rings. The van der Waals surface area contributed by atoms with Crippen LogP contribution in [0.1, 0.15) is 24.8 Å². The highest BCUT2D eigenvalue weighted by Gasteiger charge is 2.35. The van der Waals surface area contributed by atoms with E-state index in [1.807, 2.05) is 6.07 Å². The molecular weight excluding hydrogens is 266 g/mol. The van der Waals surface area contributed by atoms with Gasteiger partial charge in [0.1, 0.15) is 5.75 Å². The SMILES string of the molecule is COc1ccc(CC2(CN)CCC2)cc1Br. The molecule has 0 bridgehead atoms. The minimum Gasteiger partial charge on any atom is -0.496 e. The van der Waals surface area contributed by atoms with Crippen LogP contribution in [0.4, 0.5) is 0 Å². The summed E-state index contributed by atoms with van der Waals surface area (Å²) in [5.74, 6) is 0.888. The van der Waals surface area contributed by atoms with Crippen molar-refractivity contribution in [2.75, 3.05) is 13.7 Å². The summed E-state index contributed by atoms with van der Waals surface area (Å²) in [6.45, 7) is 0.802. The molecule has 2 N–H and O–H groups in total. The van der Waals surface area contributed by atoms with Crippen LogP contribution in [0, 0.1) is 5.41 Å². The summed E-state index contributed by atoms with van der Waals surface area (Å²) >= 11 is 3.52. The highest BCUT2D eigenvalue weighted by Crippen LogP contribution is 2.43. The molecule has 0 unspecified atom stereocenters. The lowest BCUT2D eigenvalue weighted by molar-refractivity contribution is 0.145. The lowest BCUT2D eigenvalue weighted by atomic mass is 9.65. The largest absolute Gasteiger partial charge is 0.496 e. The van der Waals surface area contributed by atoms with Gasteiger partial charge in [0.05, 0.1) is 11.6 Å². The van der Waals surface area contributed by atoms with Crippen molar-refractivity contribution in [2.24, 2.45) is 11.1 Å². The molecule has 0 amide bonds. The van der Waals surface area contributed by atoms with Crippen LogP contribution in [0.2, 0.25) is 0 Å². The molecule has 0 heterocycles. The Morgan fingerprint density at radius 2 is 2.19 bits per heavy atom. The van der Waals surface area contributed by atoms with E-state index in [1.54, 1.807) is 7.11 Å². The zero-order valence-electron chi connectivity index (χ0n) is 9.63. The summed E-state index contributed by atoms with van der Waals surface area (Å²) in [6.07, 6.45) is 4.96. The first-order chi connectivity index (χ1) is 7.69. The van der Waals surface area contributed by atoms with Crippen LogP contribution in [0.25, 0.3) is 0 Å². The van der Waals surface area contributed by atoms with Gasteiger partial charge in [-0.2, -0.15) is 0 Å². The Balaban J connectivity index is 2.13. The van der Waals surface area contributed by atoms with Gasteiger partial charge in [0, 0.05) is 0 Å². The fraction of sp³-hybridized carbons (Fsp3) is 0.538. The number of hydrogen-bond acceptors (Lipinski definition) is 2. The Bertz CT molecular complexity index is 369. The molecule has 0 aliphatic heterocycles. The zero-order valence-corrected chi connectivity index (χ0v) is 11.2. The van der Waals surface area contributed by atoms with Crippen LogP contribution < -0.4 is 10.5 Å². The van der Waals surface area contributed by atoms with Crippen molar-refractivity contribution >= 4 is 15.9 Å². The van der Waals surface area contributed by atoms with Gasteiger partial charge in [0.2, 0.25) is 0 Å². The van der Waals surface area contributed by atoms with Crippen molar-refractivity contribution in [2.45, 2.75) is 25.7 Å². The average Bonchev–Trinajstić information content (AvgIpc) is 2.24. The smallest absolute Gasteiger partial charge is 0.133 e. The van der Waals surface area contributed by atoms with Crippen LogP contribution in [0.3, 0.4) is 0 Å². The number of hydrogen-bond donors (Lipinski definition) is 1. The van der Waals surface area contributed by atoms with Gasteiger partial charge in [-0.15, -0.1) is 0 Å². The van der Waals surface area contributed by atoms with Crippen LogP contribution in [-0.4, -0.2) is 13.7 Å². The normalized spacial score (nSPS) is 17.9. The molecule has 16 heavy (non-hydrogen) atoms. The third kappa shape index (κ3) is 2.25. The summed E-state index contributed by atoms with van der Waals surface area (Å²) in [5, 5.41) is 0. The van der Waals surface area contributed by atoms with E-state index in [9.17, 15) is 0 Å². The van der Waals surface area contributed by atoms with E-state index >= 15 is 0 Å². The van der Waals surface area contributed by atoms with Gasteiger partial charge in [0.25, 0.3) is 0 Å². The van der Waals surface area contributed by atoms with Crippen molar-refractivity contribution in [3.05, 3.63) is 28.2 Å². The van der Waals surface area contributed by atoms with Gasteiger partial charge < -0.3 is 10.5 Å². The van der Waals surface area contributed by atoms with E-state index in [2.05, 4.69) is 28.1 Å². The second-order valence-corrected chi connectivity index (χ2v) is 5.56. The summed E-state index contributed by atoms with van der Waals surface area (Å²) in [5.41, 5.74) is 7.59. The van der Waals surface area contributed by atoms with Crippen molar-refractivity contribution in [3.8, 4) is 5.75 Å². The van der Waals surface area contributed by atoms with Crippen LogP contribution in [0.5, 0.6) is 5.75 Å². The van der Waals surface area contributed by atoms with Gasteiger partial charge in [-0.25, -0.2) is 0 Å². The van der Waals surface area contributed by atoms with E-state index in [-0.39, 0.29) is 0 Å². The van der Waals surface area contributed by atoms with E-state index in [0.717, 1.165) is 23.2 Å². The Morgan fingerprint density at radius 1 is 1.44 bits per heavy atom. The molecule has 0 radical (unpaired) electrons. The Hall–Kier alpha value is -0.540. The van der Waals surface area contributed by atoms with E-state index in [1.165, 1.54) is 24.8 Å². The van der Waals surface area contributed by atoms with Crippen LogP contribution >= 0.6 is 15.9 Å². The summed E-state index contributed by atoms with van der Waals surface area (Å²) in [6, 6.07) is 6.30. The standard InChI is InChI=1S/C13H18BrNO/c1-16-12-4-3-10(7-11(12)14)8-13(9-15)5-2-6-13/h3-4,7H,2,5-6,8-9,15H2,1H3. The van der Waals surface area contributed by atoms with Crippen molar-refractivity contribution in [3.63, 3.8) is 0 Å². The molecule has 1 fully saturated rings. The lowest BCUT2D eigenvalue weighted by Gasteiger charge is -2.41.